The highest BCUT2D eigenvalue weighted by Crippen LogP contribution is 2.12. The van der Waals surface area contributed by atoms with Crippen LogP contribution in [-0.4, -0.2) is 25.3 Å². The molecule has 1 atom stereocenters. The van der Waals surface area contributed by atoms with E-state index < -0.39 is 0 Å². The summed E-state index contributed by atoms with van der Waals surface area (Å²) >= 11 is 0. The Labute approximate surface area is 73.0 Å². The number of carbonyl (C=O) groups excluding carboxylic acids is 1. The summed E-state index contributed by atoms with van der Waals surface area (Å²) < 4.78 is 10.4. The van der Waals surface area contributed by atoms with Crippen LogP contribution >= 0.6 is 0 Å². The molecule has 3 nitrogen and oxygen atoms in total. The molecule has 0 spiro atoms. The standard InChI is InChI=1S/C9H16O3/c1-8(10)12-9-4-2-3-6-11-7-5-9/h9H,2-7H2,1H3. The molecule has 0 aromatic carbocycles. The summed E-state index contributed by atoms with van der Waals surface area (Å²) in [5.74, 6) is -0.180. The summed E-state index contributed by atoms with van der Waals surface area (Å²) in [6.45, 7) is 3.03. The molecule has 1 saturated heterocycles. The lowest BCUT2D eigenvalue weighted by Gasteiger charge is -2.19. The van der Waals surface area contributed by atoms with E-state index in [1.54, 1.807) is 0 Å². The fraction of sp³-hybridized carbons (Fsp3) is 0.889. The molecule has 1 rings (SSSR count). The molecule has 0 aliphatic carbocycles. The van der Waals surface area contributed by atoms with Crippen molar-refractivity contribution in [3.8, 4) is 0 Å². The van der Waals surface area contributed by atoms with E-state index in [0.29, 0.717) is 0 Å². The Bertz CT molecular complexity index is 137. The van der Waals surface area contributed by atoms with Gasteiger partial charge in [0, 0.05) is 20.0 Å². The van der Waals surface area contributed by atoms with Gasteiger partial charge >= 0.3 is 5.97 Å². The molecule has 1 unspecified atom stereocenters. The van der Waals surface area contributed by atoms with Crippen molar-refractivity contribution < 1.29 is 14.3 Å². The zero-order valence-electron chi connectivity index (χ0n) is 7.54. The lowest BCUT2D eigenvalue weighted by atomic mass is 10.1. The number of esters is 1. The molecular weight excluding hydrogens is 156 g/mol. The van der Waals surface area contributed by atoms with Crippen LogP contribution in [-0.2, 0) is 14.3 Å². The predicted molar refractivity (Wildman–Crippen MR) is 44.8 cm³/mol. The molecule has 1 aliphatic rings. The molecule has 0 N–H and O–H groups in total. The van der Waals surface area contributed by atoms with E-state index in [2.05, 4.69) is 0 Å². The van der Waals surface area contributed by atoms with E-state index >= 15 is 0 Å². The lowest BCUT2D eigenvalue weighted by molar-refractivity contribution is -0.148. The first kappa shape index (κ1) is 9.52. The van der Waals surface area contributed by atoms with Crippen molar-refractivity contribution in [1.29, 1.82) is 0 Å². The molecule has 3 heteroatoms. The predicted octanol–water partition coefficient (Wildman–Crippen LogP) is 1.51. The molecule has 1 heterocycles. The lowest BCUT2D eigenvalue weighted by Crippen LogP contribution is -2.20. The Balaban J connectivity index is 2.24. The van der Waals surface area contributed by atoms with Gasteiger partial charge in [-0.2, -0.15) is 0 Å². The van der Waals surface area contributed by atoms with Crippen molar-refractivity contribution in [1.82, 2.24) is 0 Å². The third kappa shape index (κ3) is 3.72. The van der Waals surface area contributed by atoms with Gasteiger partial charge in [0.25, 0.3) is 0 Å². The molecule has 0 radical (unpaired) electrons. The van der Waals surface area contributed by atoms with Crippen LogP contribution in [0.3, 0.4) is 0 Å². The SMILES string of the molecule is CC(=O)OC1CCCCOCC1. The zero-order valence-corrected chi connectivity index (χ0v) is 7.54. The van der Waals surface area contributed by atoms with Gasteiger partial charge in [-0.05, 0) is 19.3 Å². The van der Waals surface area contributed by atoms with Crippen molar-refractivity contribution >= 4 is 5.97 Å². The fourth-order valence-corrected chi connectivity index (χ4v) is 1.39. The van der Waals surface area contributed by atoms with E-state index in [-0.39, 0.29) is 12.1 Å². The van der Waals surface area contributed by atoms with Crippen LogP contribution in [0.2, 0.25) is 0 Å². The minimum atomic E-state index is -0.180. The van der Waals surface area contributed by atoms with Gasteiger partial charge in [-0.3, -0.25) is 4.79 Å². The molecule has 1 fully saturated rings. The average molecular weight is 172 g/mol. The Morgan fingerprint density at radius 3 is 2.92 bits per heavy atom. The summed E-state index contributed by atoms with van der Waals surface area (Å²) in [7, 11) is 0. The Hall–Kier alpha value is -0.570. The third-order valence-electron chi connectivity index (χ3n) is 1.98. The van der Waals surface area contributed by atoms with E-state index in [1.165, 1.54) is 6.92 Å². The maximum absolute atomic E-state index is 10.6. The fourth-order valence-electron chi connectivity index (χ4n) is 1.39. The topological polar surface area (TPSA) is 35.5 Å². The Morgan fingerprint density at radius 2 is 2.17 bits per heavy atom. The van der Waals surface area contributed by atoms with Crippen molar-refractivity contribution in [2.24, 2.45) is 0 Å². The second kappa shape index (κ2) is 5.14. The van der Waals surface area contributed by atoms with Gasteiger partial charge in [-0.25, -0.2) is 0 Å². The molecule has 0 aromatic rings. The number of hydrogen-bond donors (Lipinski definition) is 0. The van der Waals surface area contributed by atoms with Gasteiger partial charge in [-0.15, -0.1) is 0 Å². The van der Waals surface area contributed by atoms with Gasteiger partial charge < -0.3 is 9.47 Å². The highest BCUT2D eigenvalue weighted by atomic mass is 16.5. The van der Waals surface area contributed by atoms with Crippen LogP contribution in [0.1, 0.15) is 32.6 Å². The largest absolute Gasteiger partial charge is 0.462 e. The summed E-state index contributed by atoms with van der Waals surface area (Å²) in [6.07, 6.45) is 4.10. The highest BCUT2D eigenvalue weighted by Gasteiger charge is 2.13. The number of carbonyl (C=O) groups is 1. The second-order valence-corrected chi connectivity index (χ2v) is 3.13. The Kier molecular flexibility index (Phi) is 4.08. The molecule has 1 aliphatic heterocycles. The van der Waals surface area contributed by atoms with Crippen molar-refractivity contribution in [3.05, 3.63) is 0 Å². The minimum absolute atomic E-state index is 0.0859. The molecule has 12 heavy (non-hydrogen) atoms. The number of hydrogen-bond acceptors (Lipinski definition) is 3. The minimum Gasteiger partial charge on any atom is -0.462 e. The van der Waals surface area contributed by atoms with Gasteiger partial charge in [0.2, 0.25) is 0 Å². The van der Waals surface area contributed by atoms with Gasteiger partial charge in [-0.1, -0.05) is 0 Å². The van der Waals surface area contributed by atoms with E-state index in [0.717, 1.165) is 38.9 Å². The van der Waals surface area contributed by atoms with Crippen molar-refractivity contribution in [2.75, 3.05) is 13.2 Å². The summed E-state index contributed by atoms with van der Waals surface area (Å²) in [5, 5.41) is 0. The van der Waals surface area contributed by atoms with Crippen LogP contribution in [0, 0.1) is 0 Å². The maximum atomic E-state index is 10.6. The summed E-state index contributed by atoms with van der Waals surface area (Å²) in [4.78, 5) is 10.6. The van der Waals surface area contributed by atoms with Gasteiger partial charge in [0.05, 0.1) is 6.61 Å². The zero-order chi connectivity index (χ0) is 8.81. The summed E-state index contributed by atoms with van der Waals surface area (Å²) in [5.41, 5.74) is 0. The monoisotopic (exact) mass is 172 g/mol. The normalized spacial score (nSPS) is 25.6. The first-order chi connectivity index (χ1) is 5.79. The molecule has 70 valence electrons. The highest BCUT2D eigenvalue weighted by molar-refractivity contribution is 5.66. The van der Waals surface area contributed by atoms with Gasteiger partial charge in [0.15, 0.2) is 0 Å². The summed E-state index contributed by atoms with van der Waals surface area (Å²) in [6, 6.07) is 0. The van der Waals surface area contributed by atoms with Crippen molar-refractivity contribution in [2.45, 2.75) is 38.7 Å². The maximum Gasteiger partial charge on any atom is 0.302 e. The number of rotatable bonds is 1. The first-order valence-corrected chi connectivity index (χ1v) is 4.54. The van der Waals surface area contributed by atoms with E-state index in [1.807, 2.05) is 0 Å². The Morgan fingerprint density at radius 1 is 1.33 bits per heavy atom. The molecular formula is C9H16O3. The van der Waals surface area contributed by atoms with E-state index in [9.17, 15) is 4.79 Å². The van der Waals surface area contributed by atoms with Crippen LogP contribution in [0.5, 0.6) is 0 Å². The molecule has 0 saturated carbocycles. The third-order valence-corrected chi connectivity index (χ3v) is 1.98. The van der Waals surface area contributed by atoms with Crippen LogP contribution in [0.15, 0.2) is 0 Å². The molecule has 0 aromatic heterocycles. The van der Waals surface area contributed by atoms with E-state index in [4.69, 9.17) is 9.47 Å². The van der Waals surface area contributed by atoms with Gasteiger partial charge in [0.1, 0.15) is 6.10 Å². The smallest absolute Gasteiger partial charge is 0.302 e. The molecule has 0 bridgehead atoms. The second-order valence-electron chi connectivity index (χ2n) is 3.13. The van der Waals surface area contributed by atoms with Crippen LogP contribution < -0.4 is 0 Å². The first-order valence-electron chi connectivity index (χ1n) is 4.54. The number of ether oxygens (including phenoxy) is 2. The quantitative estimate of drug-likeness (QED) is 0.562. The van der Waals surface area contributed by atoms with Crippen LogP contribution in [0.4, 0.5) is 0 Å². The average Bonchev–Trinajstić information content (AvgIpc) is 1.93. The van der Waals surface area contributed by atoms with Crippen LogP contribution in [0.25, 0.3) is 0 Å². The van der Waals surface area contributed by atoms with Crippen molar-refractivity contribution in [3.63, 3.8) is 0 Å². The molecule has 0 amide bonds.